The second kappa shape index (κ2) is 8.82. The van der Waals surface area contributed by atoms with Gasteiger partial charge in [-0.25, -0.2) is 4.52 Å². The van der Waals surface area contributed by atoms with E-state index in [0.29, 0.717) is 43.2 Å². The van der Waals surface area contributed by atoms with Crippen LogP contribution < -0.4 is 4.74 Å². The Labute approximate surface area is 197 Å². The van der Waals surface area contributed by atoms with Crippen LogP contribution in [0.25, 0.3) is 5.52 Å². The molecule has 2 aromatic heterocycles. The van der Waals surface area contributed by atoms with Crippen LogP contribution in [0.2, 0.25) is 0 Å². The van der Waals surface area contributed by atoms with E-state index in [4.69, 9.17) is 14.7 Å². The maximum Gasteiger partial charge on any atom is 0.306 e. The van der Waals surface area contributed by atoms with Gasteiger partial charge in [-0.15, -0.1) is 0 Å². The maximum atomic E-state index is 12.9. The zero-order valence-corrected chi connectivity index (χ0v) is 19.3. The van der Waals surface area contributed by atoms with Gasteiger partial charge in [-0.3, -0.25) is 9.59 Å². The number of benzene rings is 1. The van der Waals surface area contributed by atoms with Crippen LogP contribution in [0.4, 0.5) is 0 Å². The monoisotopic (exact) mass is 458 g/mol. The first-order valence-corrected chi connectivity index (χ1v) is 11.6. The molecular formula is C26H26N4O4. The second-order valence-corrected chi connectivity index (χ2v) is 9.01. The first-order chi connectivity index (χ1) is 16.5. The molecule has 1 aromatic carbocycles. The fourth-order valence-corrected chi connectivity index (χ4v) is 4.89. The summed E-state index contributed by atoms with van der Waals surface area (Å²) >= 11 is 0. The molecule has 8 nitrogen and oxygen atoms in total. The van der Waals surface area contributed by atoms with Crippen molar-refractivity contribution in [2.75, 3.05) is 19.7 Å². The largest absolute Gasteiger partial charge is 0.466 e. The van der Waals surface area contributed by atoms with Crippen LogP contribution in [-0.2, 0) is 22.4 Å². The summed E-state index contributed by atoms with van der Waals surface area (Å²) in [4.78, 5) is 26.5. The molecule has 1 fully saturated rings. The Balaban J connectivity index is 1.35. The highest BCUT2D eigenvalue weighted by atomic mass is 16.5. The number of aryl methyl sites for hydroxylation is 1. The van der Waals surface area contributed by atoms with Gasteiger partial charge in [0.05, 0.1) is 30.4 Å². The number of carbonyl (C=O) groups is 2. The minimum absolute atomic E-state index is 0.0880. The van der Waals surface area contributed by atoms with E-state index in [0.717, 1.165) is 23.9 Å². The lowest BCUT2D eigenvalue weighted by molar-refractivity contribution is -0.144. The van der Waals surface area contributed by atoms with Gasteiger partial charge in [0.2, 0.25) is 0 Å². The summed E-state index contributed by atoms with van der Waals surface area (Å²) in [5, 5.41) is 13.4. The minimum Gasteiger partial charge on any atom is -0.466 e. The van der Waals surface area contributed by atoms with Crippen molar-refractivity contribution < 1.29 is 19.1 Å². The van der Waals surface area contributed by atoms with E-state index in [1.807, 2.05) is 26.0 Å². The number of rotatable bonds is 6. The van der Waals surface area contributed by atoms with Crippen molar-refractivity contribution in [3.05, 3.63) is 58.9 Å². The quantitative estimate of drug-likeness (QED) is 0.523. The van der Waals surface area contributed by atoms with Gasteiger partial charge >= 0.3 is 5.97 Å². The van der Waals surface area contributed by atoms with Crippen LogP contribution in [0.5, 0.6) is 11.5 Å². The Hall–Kier alpha value is -3.86. The zero-order chi connectivity index (χ0) is 23.8. The molecule has 0 radical (unpaired) electrons. The van der Waals surface area contributed by atoms with E-state index in [1.165, 1.54) is 11.1 Å². The number of likely N-dealkylation sites (tertiary alicyclic amines) is 1. The lowest BCUT2D eigenvalue weighted by Gasteiger charge is -2.35. The number of ether oxygens (including phenoxy) is 2. The van der Waals surface area contributed by atoms with E-state index in [2.05, 4.69) is 17.2 Å². The lowest BCUT2D eigenvalue weighted by atomic mass is 10.0. The second-order valence-electron chi connectivity index (χ2n) is 9.01. The molecule has 3 heterocycles. The van der Waals surface area contributed by atoms with Crippen molar-refractivity contribution in [1.82, 2.24) is 14.5 Å². The number of carbonyl (C=O) groups excluding carboxylic acids is 2. The molecule has 8 heteroatoms. The van der Waals surface area contributed by atoms with Crippen molar-refractivity contribution in [3.63, 3.8) is 0 Å². The number of nitrogens with zero attached hydrogens (tertiary/aromatic N) is 4. The van der Waals surface area contributed by atoms with Crippen molar-refractivity contribution in [2.24, 2.45) is 11.8 Å². The average molecular weight is 459 g/mol. The van der Waals surface area contributed by atoms with Crippen LogP contribution in [-0.4, -0.2) is 46.1 Å². The number of esters is 1. The number of amides is 1. The topological polar surface area (TPSA) is 96.9 Å². The molecular weight excluding hydrogens is 432 g/mol. The lowest BCUT2D eigenvalue weighted by Crippen LogP contribution is -2.49. The number of hydrogen-bond acceptors (Lipinski definition) is 6. The molecule has 0 bridgehead atoms. The Morgan fingerprint density at radius 3 is 2.76 bits per heavy atom. The highest BCUT2D eigenvalue weighted by Crippen LogP contribution is 2.35. The number of aromatic nitrogens is 2. The van der Waals surface area contributed by atoms with Gasteiger partial charge in [0.25, 0.3) is 5.91 Å². The predicted molar refractivity (Wildman–Crippen MR) is 124 cm³/mol. The van der Waals surface area contributed by atoms with Crippen molar-refractivity contribution >= 4 is 17.4 Å². The van der Waals surface area contributed by atoms with Gasteiger partial charge in [0.1, 0.15) is 11.3 Å². The molecule has 1 aliphatic heterocycles. The third-order valence-corrected chi connectivity index (χ3v) is 6.66. The molecule has 0 N–H and O–H groups in total. The third-order valence-electron chi connectivity index (χ3n) is 6.66. The summed E-state index contributed by atoms with van der Waals surface area (Å²) in [6.07, 6.45) is 5.48. The van der Waals surface area contributed by atoms with Gasteiger partial charge in [0.15, 0.2) is 5.75 Å². The van der Waals surface area contributed by atoms with Gasteiger partial charge < -0.3 is 14.4 Å². The van der Waals surface area contributed by atoms with Crippen molar-refractivity contribution in [2.45, 2.75) is 33.1 Å². The molecule has 5 rings (SSSR count). The molecule has 2 aliphatic rings. The molecule has 0 saturated carbocycles. The smallest absolute Gasteiger partial charge is 0.306 e. The van der Waals surface area contributed by atoms with Crippen molar-refractivity contribution in [3.8, 4) is 17.6 Å². The molecule has 1 saturated heterocycles. The van der Waals surface area contributed by atoms with Crippen LogP contribution >= 0.6 is 0 Å². The molecule has 174 valence electrons. The Kier molecular flexibility index (Phi) is 5.70. The first-order valence-electron chi connectivity index (χ1n) is 11.6. The zero-order valence-electron chi connectivity index (χ0n) is 19.3. The Bertz CT molecular complexity index is 1320. The molecule has 34 heavy (non-hydrogen) atoms. The van der Waals surface area contributed by atoms with E-state index in [-0.39, 0.29) is 23.7 Å². The third kappa shape index (κ3) is 3.98. The van der Waals surface area contributed by atoms with Crippen molar-refractivity contribution in [1.29, 1.82) is 5.26 Å². The number of hydrogen-bond donors (Lipinski definition) is 0. The SMILES string of the molecule is CCOC(=O)CC1Cc2ccc(Oc3ccnn4cc(C(=O)N5CC(C#N)C5)c(C)c34)cc2C1. The van der Waals surface area contributed by atoms with Gasteiger partial charge in [-0.05, 0) is 61.4 Å². The van der Waals surface area contributed by atoms with Gasteiger partial charge in [-0.1, -0.05) is 6.07 Å². The van der Waals surface area contributed by atoms with Gasteiger partial charge in [-0.2, -0.15) is 10.4 Å². The number of nitriles is 1. The average Bonchev–Trinajstić information content (AvgIpc) is 3.33. The molecule has 1 unspecified atom stereocenters. The summed E-state index contributed by atoms with van der Waals surface area (Å²) in [7, 11) is 0. The van der Waals surface area contributed by atoms with Gasteiger partial charge in [0, 0.05) is 31.8 Å². The molecule has 3 aromatic rings. The molecule has 1 atom stereocenters. The Morgan fingerprint density at radius 1 is 1.21 bits per heavy atom. The fraction of sp³-hybridized carbons (Fsp3) is 0.385. The van der Waals surface area contributed by atoms with Crippen LogP contribution in [0.3, 0.4) is 0 Å². The van der Waals surface area contributed by atoms with Crippen LogP contribution in [0.1, 0.15) is 40.4 Å². The normalized spacial score (nSPS) is 17.2. The fourth-order valence-electron chi connectivity index (χ4n) is 4.89. The van der Waals surface area contributed by atoms with E-state index in [1.54, 1.807) is 27.9 Å². The predicted octanol–water partition coefficient (Wildman–Crippen LogP) is 3.70. The van der Waals surface area contributed by atoms with E-state index < -0.39 is 0 Å². The number of fused-ring (bicyclic) bond motifs is 2. The van der Waals surface area contributed by atoms with E-state index >= 15 is 0 Å². The summed E-state index contributed by atoms with van der Waals surface area (Å²) < 4.78 is 13.0. The summed E-state index contributed by atoms with van der Waals surface area (Å²) in [6, 6.07) is 10.0. The van der Waals surface area contributed by atoms with Crippen LogP contribution in [0.15, 0.2) is 36.7 Å². The highest BCUT2D eigenvalue weighted by molar-refractivity contribution is 5.98. The molecule has 1 amide bonds. The maximum absolute atomic E-state index is 12.9. The minimum atomic E-state index is -0.147. The van der Waals surface area contributed by atoms with E-state index in [9.17, 15) is 9.59 Å². The summed E-state index contributed by atoms with van der Waals surface area (Å²) in [5.41, 5.74) is 4.52. The summed E-state index contributed by atoms with van der Waals surface area (Å²) in [5.74, 6) is 1.25. The van der Waals surface area contributed by atoms with Crippen LogP contribution in [0, 0.1) is 30.1 Å². The standard InChI is InChI=1S/C26H26N4O4/c1-3-33-24(31)10-17-8-19-4-5-21(11-20(19)9-17)34-23-6-7-28-30-15-22(16(2)25(23)30)26(32)29-13-18(12-27)14-29/h4-7,11,15,17-18H,3,8-10,13-14H2,1-2H3. The summed E-state index contributed by atoms with van der Waals surface area (Å²) in [6.45, 7) is 5.04. The Morgan fingerprint density at radius 2 is 2.00 bits per heavy atom. The molecule has 1 aliphatic carbocycles. The first kappa shape index (κ1) is 22.0. The molecule has 0 spiro atoms. The highest BCUT2D eigenvalue weighted by Gasteiger charge is 2.33.